The lowest BCUT2D eigenvalue weighted by Crippen LogP contribution is -2.44. The molecule has 0 spiro atoms. The predicted molar refractivity (Wildman–Crippen MR) is 77.9 cm³/mol. The maximum atomic E-state index is 12.4. The topological polar surface area (TPSA) is 45.5 Å². The Kier molecular flexibility index (Phi) is 2.60. The fraction of sp³-hybridized carbons (Fsp3) is 0.438. The van der Waals surface area contributed by atoms with Crippen LogP contribution in [-0.4, -0.2) is 28.9 Å². The van der Waals surface area contributed by atoms with E-state index in [1.807, 2.05) is 22.7 Å². The van der Waals surface area contributed by atoms with Crippen molar-refractivity contribution in [1.82, 2.24) is 15.0 Å². The van der Waals surface area contributed by atoms with Crippen molar-refractivity contribution in [3.63, 3.8) is 0 Å². The van der Waals surface area contributed by atoms with Gasteiger partial charge in [0.25, 0.3) is 5.91 Å². The number of nitrogens with zero attached hydrogens (tertiary/aromatic N) is 1. The normalized spacial score (nSPS) is 28.1. The van der Waals surface area contributed by atoms with Crippen LogP contribution in [0.1, 0.15) is 28.8 Å². The molecule has 2 aromatic heterocycles. The Morgan fingerprint density at radius 2 is 2.30 bits per heavy atom. The van der Waals surface area contributed by atoms with Crippen molar-refractivity contribution in [3.05, 3.63) is 41.7 Å². The fourth-order valence-electron chi connectivity index (χ4n) is 3.66. The summed E-state index contributed by atoms with van der Waals surface area (Å²) in [6, 6.07) is 6.92. The first-order valence-corrected chi connectivity index (χ1v) is 7.31. The van der Waals surface area contributed by atoms with E-state index in [1.165, 1.54) is 12.0 Å². The Bertz CT molecular complexity index is 675. The molecule has 0 aromatic carbocycles. The Labute approximate surface area is 118 Å². The number of hydrogen-bond acceptors (Lipinski definition) is 2. The van der Waals surface area contributed by atoms with Gasteiger partial charge >= 0.3 is 0 Å². The summed E-state index contributed by atoms with van der Waals surface area (Å²) < 4.78 is 2.05. The van der Waals surface area contributed by atoms with Gasteiger partial charge in [0.2, 0.25) is 0 Å². The third-order valence-corrected chi connectivity index (χ3v) is 4.68. The first-order valence-electron chi connectivity index (χ1n) is 7.31. The molecule has 2 fully saturated rings. The lowest BCUT2D eigenvalue weighted by Gasteiger charge is -2.23. The number of piperidine rings is 1. The molecule has 2 bridgehead atoms. The highest BCUT2D eigenvalue weighted by atomic mass is 16.1. The van der Waals surface area contributed by atoms with Crippen LogP contribution < -0.4 is 10.6 Å². The summed E-state index contributed by atoms with van der Waals surface area (Å²) in [5, 5.41) is 6.68. The quantitative estimate of drug-likeness (QED) is 0.872. The Balaban J connectivity index is 1.54. The van der Waals surface area contributed by atoms with Gasteiger partial charge in [0.15, 0.2) is 0 Å². The van der Waals surface area contributed by atoms with Gasteiger partial charge in [-0.3, -0.25) is 4.79 Å². The summed E-state index contributed by atoms with van der Waals surface area (Å²) >= 11 is 0. The highest BCUT2D eigenvalue weighted by molar-refractivity contribution is 5.95. The lowest BCUT2D eigenvalue weighted by molar-refractivity contribution is 0.0925. The molecule has 1 amide bonds. The van der Waals surface area contributed by atoms with Crippen LogP contribution >= 0.6 is 0 Å². The Hall–Kier alpha value is -1.81. The summed E-state index contributed by atoms with van der Waals surface area (Å²) in [5.74, 6) is 0.673. The molecule has 4 heteroatoms. The van der Waals surface area contributed by atoms with Crippen LogP contribution in [0.5, 0.6) is 0 Å². The molecule has 3 atom stereocenters. The van der Waals surface area contributed by atoms with E-state index in [4.69, 9.17) is 0 Å². The van der Waals surface area contributed by atoms with Crippen LogP contribution in [0.4, 0.5) is 0 Å². The molecule has 1 aliphatic heterocycles. The molecule has 2 aromatic rings. The summed E-state index contributed by atoms with van der Waals surface area (Å²) in [4.78, 5) is 12.4. The minimum atomic E-state index is 0.0592. The number of aryl methyl sites for hydroxylation is 1. The van der Waals surface area contributed by atoms with Crippen LogP contribution in [0, 0.1) is 12.8 Å². The first-order chi connectivity index (χ1) is 9.69. The van der Waals surface area contributed by atoms with E-state index in [-0.39, 0.29) is 5.91 Å². The molecule has 1 saturated carbocycles. The minimum absolute atomic E-state index is 0.0592. The SMILES string of the molecule is Cc1cc2cc(C(=O)NC3CC4CC3CN4)ccn2c1. The maximum Gasteiger partial charge on any atom is 0.251 e. The monoisotopic (exact) mass is 269 g/mol. The highest BCUT2D eigenvalue weighted by Gasteiger charge is 2.40. The second-order valence-corrected chi connectivity index (χ2v) is 6.18. The average Bonchev–Trinajstić information content (AvgIpc) is 3.10. The van der Waals surface area contributed by atoms with Gasteiger partial charge < -0.3 is 15.0 Å². The number of rotatable bonds is 2. The minimum Gasteiger partial charge on any atom is -0.349 e. The van der Waals surface area contributed by atoms with E-state index < -0.39 is 0 Å². The molecule has 0 radical (unpaired) electrons. The third kappa shape index (κ3) is 1.91. The highest BCUT2D eigenvalue weighted by Crippen LogP contribution is 2.31. The van der Waals surface area contributed by atoms with Crippen molar-refractivity contribution in [3.8, 4) is 0 Å². The van der Waals surface area contributed by atoms with Crippen LogP contribution in [0.15, 0.2) is 30.6 Å². The lowest BCUT2D eigenvalue weighted by atomic mass is 10.0. The van der Waals surface area contributed by atoms with E-state index in [2.05, 4.69) is 29.8 Å². The summed E-state index contributed by atoms with van der Waals surface area (Å²) in [5.41, 5.74) is 3.04. The van der Waals surface area contributed by atoms with Gasteiger partial charge in [-0.1, -0.05) is 0 Å². The molecule has 2 N–H and O–H groups in total. The van der Waals surface area contributed by atoms with Crippen LogP contribution in [0.3, 0.4) is 0 Å². The third-order valence-electron chi connectivity index (χ3n) is 4.68. The van der Waals surface area contributed by atoms with Crippen molar-refractivity contribution >= 4 is 11.4 Å². The van der Waals surface area contributed by atoms with Crippen molar-refractivity contribution in [2.24, 2.45) is 5.92 Å². The van der Waals surface area contributed by atoms with Gasteiger partial charge in [-0.2, -0.15) is 0 Å². The zero-order valence-electron chi connectivity index (χ0n) is 11.6. The molecule has 4 nitrogen and oxygen atoms in total. The van der Waals surface area contributed by atoms with Crippen molar-refractivity contribution in [2.45, 2.75) is 31.8 Å². The maximum absolute atomic E-state index is 12.4. The van der Waals surface area contributed by atoms with Crippen LogP contribution in [0.25, 0.3) is 5.52 Å². The number of carbonyl (C=O) groups is 1. The molecule has 3 unspecified atom stereocenters. The van der Waals surface area contributed by atoms with Gasteiger partial charge in [-0.25, -0.2) is 0 Å². The zero-order valence-corrected chi connectivity index (χ0v) is 11.6. The zero-order chi connectivity index (χ0) is 13.7. The van der Waals surface area contributed by atoms with Gasteiger partial charge in [0.05, 0.1) is 0 Å². The number of pyridine rings is 1. The molecule has 2 aliphatic rings. The molecule has 3 heterocycles. The molecule has 20 heavy (non-hydrogen) atoms. The largest absolute Gasteiger partial charge is 0.349 e. The number of aromatic nitrogens is 1. The van der Waals surface area contributed by atoms with Gasteiger partial charge in [-0.05, 0) is 49.4 Å². The number of nitrogens with one attached hydrogen (secondary N) is 2. The van der Waals surface area contributed by atoms with E-state index in [0.717, 1.165) is 24.0 Å². The molecule has 1 aliphatic carbocycles. The number of amides is 1. The molecule has 104 valence electrons. The number of fused-ring (bicyclic) bond motifs is 3. The summed E-state index contributed by atoms with van der Waals surface area (Å²) in [6.07, 6.45) is 6.31. The van der Waals surface area contributed by atoms with Crippen molar-refractivity contribution in [1.29, 1.82) is 0 Å². The number of carbonyl (C=O) groups excluding carboxylic acids is 1. The van der Waals surface area contributed by atoms with E-state index in [0.29, 0.717) is 18.0 Å². The van der Waals surface area contributed by atoms with E-state index in [1.54, 1.807) is 0 Å². The second-order valence-electron chi connectivity index (χ2n) is 6.18. The van der Waals surface area contributed by atoms with Crippen LogP contribution in [0.2, 0.25) is 0 Å². The molecular formula is C16H19N3O. The van der Waals surface area contributed by atoms with E-state index in [9.17, 15) is 4.79 Å². The smallest absolute Gasteiger partial charge is 0.251 e. The Morgan fingerprint density at radius 1 is 1.40 bits per heavy atom. The van der Waals surface area contributed by atoms with Crippen molar-refractivity contribution in [2.75, 3.05) is 6.54 Å². The van der Waals surface area contributed by atoms with E-state index >= 15 is 0 Å². The fourth-order valence-corrected chi connectivity index (χ4v) is 3.66. The second kappa shape index (κ2) is 4.35. The summed E-state index contributed by atoms with van der Waals surface area (Å²) in [6.45, 7) is 3.11. The van der Waals surface area contributed by atoms with Crippen LogP contribution in [-0.2, 0) is 0 Å². The molecule has 4 rings (SSSR count). The predicted octanol–water partition coefficient (Wildman–Crippen LogP) is 1.73. The number of hydrogen-bond donors (Lipinski definition) is 2. The van der Waals surface area contributed by atoms with Gasteiger partial charge in [0.1, 0.15) is 0 Å². The summed E-state index contributed by atoms with van der Waals surface area (Å²) in [7, 11) is 0. The Morgan fingerprint density at radius 3 is 3.05 bits per heavy atom. The molecule has 1 saturated heterocycles. The van der Waals surface area contributed by atoms with Gasteiger partial charge in [0, 0.05) is 42.1 Å². The standard InChI is InChI=1S/C16H19N3O/c1-10-4-14-6-11(2-3-19(14)9-10)16(20)18-15-7-13-5-12(15)8-17-13/h2-4,6,9,12-13,15,17H,5,7-8H2,1H3,(H,18,20). The van der Waals surface area contributed by atoms with Gasteiger partial charge in [-0.15, -0.1) is 0 Å². The average molecular weight is 269 g/mol. The molecular weight excluding hydrogens is 250 g/mol. The van der Waals surface area contributed by atoms with Crippen molar-refractivity contribution < 1.29 is 4.79 Å². The first kappa shape index (κ1) is 12.0.